The topological polar surface area (TPSA) is 47.6 Å². The molecule has 128 valence electrons. The Morgan fingerprint density at radius 2 is 1.79 bits per heavy atom. The van der Waals surface area contributed by atoms with E-state index in [4.69, 9.17) is 21.1 Å². The maximum Gasteiger partial charge on any atom is 0.237 e. The van der Waals surface area contributed by atoms with E-state index < -0.39 is 0 Å². The van der Waals surface area contributed by atoms with Crippen LogP contribution in [0.4, 0.5) is 5.69 Å². The molecule has 0 saturated carbocycles. The molecule has 0 aliphatic carbocycles. The molecule has 0 heterocycles. The fourth-order valence-corrected chi connectivity index (χ4v) is 3.01. The first-order valence-corrected chi connectivity index (χ1v) is 8.85. The summed E-state index contributed by atoms with van der Waals surface area (Å²) >= 11 is 7.44. The van der Waals surface area contributed by atoms with E-state index in [1.807, 2.05) is 31.2 Å². The lowest BCUT2D eigenvalue weighted by Gasteiger charge is -2.14. The van der Waals surface area contributed by atoms with Crippen molar-refractivity contribution in [1.82, 2.24) is 0 Å². The second-order valence-electron chi connectivity index (χ2n) is 5.14. The number of amides is 1. The van der Waals surface area contributed by atoms with Crippen LogP contribution in [0.15, 0.2) is 42.5 Å². The number of rotatable bonds is 7. The lowest BCUT2D eigenvalue weighted by atomic mass is 10.2. The molecule has 24 heavy (non-hydrogen) atoms. The number of methoxy groups -OCH3 is 2. The van der Waals surface area contributed by atoms with Gasteiger partial charge in [0.05, 0.1) is 19.5 Å². The van der Waals surface area contributed by atoms with Gasteiger partial charge in [-0.05, 0) is 36.8 Å². The van der Waals surface area contributed by atoms with Gasteiger partial charge in [-0.1, -0.05) is 23.7 Å². The van der Waals surface area contributed by atoms with Crippen LogP contribution in [0.3, 0.4) is 0 Å². The zero-order valence-electron chi connectivity index (χ0n) is 13.8. The number of ether oxygens (including phenoxy) is 2. The van der Waals surface area contributed by atoms with Crippen molar-refractivity contribution in [2.75, 3.05) is 19.5 Å². The molecular formula is C18H20ClNO3S. The second kappa shape index (κ2) is 8.85. The summed E-state index contributed by atoms with van der Waals surface area (Å²) in [5.41, 5.74) is 1.81. The van der Waals surface area contributed by atoms with Gasteiger partial charge in [0.1, 0.15) is 0 Å². The minimum Gasteiger partial charge on any atom is -0.493 e. The van der Waals surface area contributed by atoms with Gasteiger partial charge in [0, 0.05) is 22.5 Å². The van der Waals surface area contributed by atoms with Crippen molar-refractivity contribution in [3.8, 4) is 11.5 Å². The van der Waals surface area contributed by atoms with Crippen molar-refractivity contribution in [2.24, 2.45) is 0 Å². The standard InChI is InChI=1S/C18H20ClNO3S/c1-12(24-11-13-4-6-14(19)7-5-13)18(21)20-15-8-9-16(22-2)17(10-15)23-3/h4-10,12H,11H2,1-3H3,(H,20,21)/t12-/m0/s1. The second-order valence-corrected chi connectivity index (χ2v) is 6.90. The summed E-state index contributed by atoms with van der Waals surface area (Å²) in [6, 6.07) is 12.9. The lowest BCUT2D eigenvalue weighted by Crippen LogP contribution is -2.22. The number of halogens is 1. The smallest absolute Gasteiger partial charge is 0.237 e. The van der Waals surface area contributed by atoms with E-state index in [9.17, 15) is 4.79 Å². The van der Waals surface area contributed by atoms with Crippen LogP contribution in [0.1, 0.15) is 12.5 Å². The van der Waals surface area contributed by atoms with Crippen LogP contribution in [-0.2, 0) is 10.5 Å². The summed E-state index contributed by atoms with van der Waals surface area (Å²) in [5, 5.41) is 3.42. The van der Waals surface area contributed by atoms with Crippen LogP contribution >= 0.6 is 23.4 Å². The van der Waals surface area contributed by atoms with Crippen molar-refractivity contribution in [3.63, 3.8) is 0 Å². The zero-order chi connectivity index (χ0) is 17.5. The highest BCUT2D eigenvalue weighted by atomic mass is 35.5. The number of benzene rings is 2. The number of hydrogen-bond acceptors (Lipinski definition) is 4. The molecule has 0 unspecified atom stereocenters. The van der Waals surface area contributed by atoms with Crippen LogP contribution < -0.4 is 14.8 Å². The Labute approximate surface area is 151 Å². The Hall–Kier alpha value is -1.85. The van der Waals surface area contributed by atoms with E-state index in [2.05, 4.69) is 5.32 Å². The van der Waals surface area contributed by atoms with Gasteiger partial charge in [0.15, 0.2) is 11.5 Å². The maximum atomic E-state index is 12.3. The van der Waals surface area contributed by atoms with Gasteiger partial charge < -0.3 is 14.8 Å². The van der Waals surface area contributed by atoms with Crippen molar-refractivity contribution in [2.45, 2.75) is 17.9 Å². The highest BCUT2D eigenvalue weighted by molar-refractivity contribution is 7.99. The summed E-state index contributed by atoms with van der Waals surface area (Å²) in [4.78, 5) is 12.3. The highest BCUT2D eigenvalue weighted by Gasteiger charge is 2.15. The molecule has 0 bridgehead atoms. The molecule has 0 aromatic heterocycles. The SMILES string of the molecule is COc1ccc(NC(=O)[C@H](C)SCc2ccc(Cl)cc2)cc1OC. The monoisotopic (exact) mass is 365 g/mol. The Morgan fingerprint density at radius 1 is 1.12 bits per heavy atom. The summed E-state index contributed by atoms with van der Waals surface area (Å²) in [5.74, 6) is 1.90. The summed E-state index contributed by atoms with van der Waals surface area (Å²) in [6.07, 6.45) is 0. The molecule has 2 rings (SSSR count). The van der Waals surface area contributed by atoms with Gasteiger partial charge in [-0.15, -0.1) is 11.8 Å². The summed E-state index contributed by atoms with van der Waals surface area (Å²) < 4.78 is 10.4. The van der Waals surface area contributed by atoms with Crippen molar-refractivity contribution in [3.05, 3.63) is 53.1 Å². The van der Waals surface area contributed by atoms with Crippen LogP contribution in [0, 0.1) is 0 Å². The van der Waals surface area contributed by atoms with Crippen molar-refractivity contribution < 1.29 is 14.3 Å². The maximum absolute atomic E-state index is 12.3. The van der Waals surface area contributed by atoms with Crippen molar-refractivity contribution >= 4 is 35.0 Å². The van der Waals surface area contributed by atoms with E-state index in [0.717, 1.165) is 11.3 Å². The molecule has 2 aromatic carbocycles. The quantitative estimate of drug-likeness (QED) is 0.777. The molecule has 6 heteroatoms. The molecule has 4 nitrogen and oxygen atoms in total. The van der Waals surface area contributed by atoms with Gasteiger partial charge in [-0.25, -0.2) is 0 Å². The molecule has 0 spiro atoms. The Morgan fingerprint density at radius 3 is 2.42 bits per heavy atom. The fourth-order valence-electron chi connectivity index (χ4n) is 2.04. The molecule has 2 aromatic rings. The highest BCUT2D eigenvalue weighted by Crippen LogP contribution is 2.30. The number of carbonyl (C=O) groups is 1. The van der Waals surface area contributed by atoms with E-state index >= 15 is 0 Å². The molecule has 1 amide bonds. The fraction of sp³-hybridized carbons (Fsp3) is 0.278. The third kappa shape index (κ3) is 5.08. The molecule has 0 saturated heterocycles. The number of thioether (sulfide) groups is 1. The van der Waals surface area contributed by atoms with Crippen LogP contribution in [-0.4, -0.2) is 25.4 Å². The van der Waals surface area contributed by atoms with Gasteiger partial charge >= 0.3 is 0 Å². The average Bonchev–Trinajstić information content (AvgIpc) is 2.60. The average molecular weight is 366 g/mol. The van der Waals surface area contributed by atoms with Gasteiger partial charge in [0.25, 0.3) is 0 Å². The molecular weight excluding hydrogens is 346 g/mol. The van der Waals surface area contributed by atoms with E-state index in [0.29, 0.717) is 22.2 Å². The summed E-state index contributed by atoms with van der Waals surface area (Å²) in [7, 11) is 3.14. The van der Waals surface area contributed by atoms with Crippen LogP contribution in [0.25, 0.3) is 0 Å². The van der Waals surface area contributed by atoms with E-state index in [1.165, 1.54) is 0 Å². The van der Waals surface area contributed by atoms with E-state index in [-0.39, 0.29) is 11.2 Å². The Bertz CT molecular complexity index is 691. The Balaban J connectivity index is 1.92. The summed E-state index contributed by atoms with van der Waals surface area (Å²) in [6.45, 7) is 1.89. The molecule has 1 atom stereocenters. The molecule has 0 fully saturated rings. The Kier molecular flexibility index (Phi) is 6.82. The number of anilines is 1. The first-order chi connectivity index (χ1) is 11.5. The predicted molar refractivity (Wildman–Crippen MR) is 100 cm³/mol. The van der Waals surface area contributed by atoms with Crippen LogP contribution in [0.5, 0.6) is 11.5 Å². The number of carbonyl (C=O) groups excluding carboxylic acids is 1. The first-order valence-electron chi connectivity index (χ1n) is 7.42. The van der Waals surface area contributed by atoms with Gasteiger partial charge in [0.2, 0.25) is 5.91 Å². The molecule has 0 aliphatic rings. The molecule has 0 radical (unpaired) electrons. The minimum absolute atomic E-state index is 0.0545. The van der Waals surface area contributed by atoms with Gasteiger partial charge in [-0.2, -0.15) is 0 Å². The minimum atomic E-state index is -0.186. The zero-order valence-corrected chi connectivity index (χ0v) is 15.4. The largest absolute Gasteiger partial charge is 0.493 e. The number of nitrogens with one attached hydrogen (secondary N) is 1. The number of hydrogen-bond donors (Lipinski definition) is 1. The predicted octanol–water partition coefficient (Wildman–Crippen LogP) is 4.62. The first kappa shape index (κ1) is 18.5. The normalized spacial score (nSPS) is 11.7. The third-order valence-electron chi connectivity index (χ3n) is 3.43. The van der Waals surface area contributed by atoms with Crippen molar-refractivity contribution in [1.29, 1.82) is 0 Å². The molecule has 1 N–H and O–H groups in total. The third-order valence-corrected chi connectivity index (χ3v) is 4.90. The van der Waals surface area contributed by atoms with Gasteiger partial charge in [-0.3, -0.25) is 4.79 Å². The molecule has 0 aliphatic heterocycles. The van der Waals surface area contributed by atoms with Crippen LogP contribution in [0.2, 0.25) is 5.02 Å². The lowest BCUT2D eigenvalue weighted by molar-refractivity contribution is -0.115. The van der Waals surface area contributed by atoms with E-state index in [1.54, 1.807) is 44.2 Å².